The molecular formula is C13H24O2. The Bertz CT molecular complexity index is 243. The number of rotatable bonds is 2. The molecule has 1 aliphatic heterocycles. The number of ether oxygens (including phenoxy) is 2. The van der Waals surface area contributed by atoms with Crippen LogP contribution in [0.15, 0.2) is 12.2 Å². The molecular weight excluding hydrogens is 188 g/mol. The zero-order valence-corrected chi connectivity index (χ0v) is 10.8. The molecule has 0 bridgehead atoms. The first-order valence-corrected chi connectivity index (χ1v) is 5.75. The van der Waals surface area contributed by atoms with Gasteiger partial charge in [-0.3, -0.25) is 0 Å². The summed E-state index contributed by atoms with van der Waals surface area (Å²) < 4.78 is 11.9. The van der Waals surface area contributed by atoms with Gasteiger partial charge in [-0.05, 0) is 26.7 Å². The largest absolute Gasteiger partial charge is 0.347 e. The summed E-state index contributed by atoms with van der Waals surface area (Å²) >= 11 is 0. The minimum Gasteiger partial charge on any atom is -0.347 e. The van der Waals surface area contributed by atoms with Gasteiger partial charge in [0.1, 0.15) is 0 Å². The van der Waals surface area contributed by atoms with Crippen LogP contribution in [0.1, 0.15) is 41.5 Å². The summed E-state index contributed by atoms with van der Waals surface area (Å²) in [6.07, 6.45) is 0.358. The Morgan fingerprint density at radius 1 is 1.27 bits per heavy atom. The van der Waals surface area contributed by atoms with Gasteiger partial charge < -0.3 is 9.47 Å². The van der Waals surface area contributed by atoms with Crippen molar-refractivity contribution < 1.29 is 9.47 Å². The molecule has 0 aliphatic carbocycles. The molecule has 0 aromatic rings. The van der Waals surface area contributed by atoms with Gasteiger partial charge in [0.05, 0.1) is 12.2 Å². The lowest BCUT2D eigenvalue weighted by Gasteiger charge is -2.46. The van der Waals surface area contributed by atoms with Crippen molar-refractivity contribution in [3.8, 4) is 0 Å². The number of hydrogen-bond acceptors (Lipinski definition) is 2. The third-order valence-electron chi connectivity index (χ3n) is 2.97. The maximum Gasteiger partial charge on any atom is 0.163 e. The van der Waals surface area contributed by atoms with Crippen LogP contribution in [0.4, 0.5) is 0 Å². The van der Waals surface area contributed by atoms with Gasteiger partial charge in [0.25, 0.3) is 0 Å². The van der Waals surface area contributed by atoms with Crippen LogP contribution in [0.2, 0.25) is 0 Å². The zero-order chi connectivity index (χ0) is 11.8. The maximum atomic E-state index is 5.96. The first kappa shape index (κ1) is 12.7. The first-order valence-electron chi connectivity index (χ1n) is 5.75. The molecule has 1 aliphatic rings. The SMILES string of the molecule is C=C(C)[C@H]1OC(C)(C)O[C@@H](C(C)C)[C@@H]1C. The van der Waals surface area contributed by atoms with Crippen LogP contribution >= 0.6 is 0 Å². The molecule has 1 rings (SSSR count). The van der Waals surface area contributed by atoms with Crippen molar-refractivity contribution in [1.29, 1.82) is 0 Å². The fourth-order valence-electron chi connectivity index (χ4n) is 2.34. The standard InChI is InChI=1S/C13H24O2/c1-8(2)11-10(5)12(9(3)4)15-13(6,7)14-11/h9-12H,1H2,2-7H3/t10-,11-,12+/m1/s1. The van der Waals surface area contributed by atoms with Crippen LogP contribution in [-0.4, -0.2) is 18.0 Å². The van der Waals surface area contributed by atoms with Gasteiger partial charge in [0, 0.05) is 5.92 Å². The van der Waals surface area contributed by atoms with Gasteiger partial charge in [-0.15, -0.1) is 0 Å². The van der Waals surface area contributed by atoms with Crippen LogP contribution in [0, 0.1) is 11.8 Å². The Morgan fingerprint density at radius 3 is 2.20 bits per heavy atom. The van der Waals surface area contributed by atoms with E-state index in [9.17, 15) is 0 Å². The van der Waals surface area contributed by atoms with Crippen molar-refractivity contribution in [2.24, 2.45) is 11.8 Å². The lowest BCUT2D eigenvalue weighted by molar-refractivity contribution is -0.318. The van der Waals surface area contributed by atoms with Gasteiger partial charge >= 0.3 is 0 Å². The Morgan fingerprint density at radius 2 is 1.80 bits per heavy atom. The van der Waals surface area contributed by atoms with Crippen LogP contribution in [0.3, 0.4) is 0 Å². The van der Waals surface area contributed by atoms with Crippen LogP contribution < -0.4 is 0 Å². The van der Waals surface area contributed by atoms with Gasteiger partial charge in [0.15, 0.2) is 5.79 Å². The van der Waals surface area contributed by atoms with E-state index in [2.05, 4.69) is 27.4 Å². The highest BCUT2D eigenvalue weighted by Gasteiger charge is 2.42. The summed E-state index contributed by atoms with van der Waals surface area (Å²) in [5.41, 5.74) is 1.09. The minimum absolute atomic E-state index is 0.112. The quantitative estimate of drug-likeness (QED) is 0.653. The number of hydrogen-bond donors (Lipinski definition) is 0. The second kappa shape index (κ2) is 4.26. The molecule has 1 heterocycles. The molecule has 0 spiro atoms. The summed E-state index contributed by atoms with van der Waals surface area (Å²) in [6, 6.07) is 0. The summed E-state index contributed by atoms with van der Waals surface area (Å²) in [5, 5.41) is 0. The van der Waals surface area contributed by atoms with E-state index in [-0.39, 0.29) is 12.2 Å². The average Bonchev–Trinajstić information content (AvgIpc) is 2.07. The smallest absolute Gasteiger partial charge is 0.163 e. The van der Waals surface area contributed by atoms with Crippen molar-refractivity contribution in [3.63, 3.8) is 0 Å². The van der Waals surface area contributed by atoms with Crippen molar-refractivity contribution >= 4 is 0 Å². The third-order valence-corrected chi connectivity index (χ3v) is 2.97. The molecule has 0 aromatic carbocycles. The second-order valence-corrected chi connectivity index (χ2v) is 5.47. The van der Waals surface area contributed by atoms with Crippen LogP contribution in [0.5, 0.6) is 0 Å². The van der Waals surface area contributed by atoms with Crippen molar-refractivity contribution in [1.82, 2.24) is 0 Å². The lowest BCUT2D eigenvalue weighted by Crippen LogP contribution is -2.52. The molecule has 1 saturated heterocycles. The maximum absolute atomic E-state index is 5.96. The molecule has 2 nitrogen and oxygen atoms in total. The monoisotopic (exact) mass is 212 g/mol. The Kier molecular flexibility index (Phi) is 3.62. The molecule has 15 heavy (non-hydrogen) atoms. The summed E-state index contributed by atoms with van der Waals surface area (Å²) in [5.74, 6) is 0.381. The van der Waals surface area contributed by atoms with Crippen LogP contribution in [-0.2, 0) is 9.47 Å². The fourth-order valence-corrected chi connectivity index (χ4v) is 2.34. The molecule has 1 fully saturated rings. The molecule has 88 valence electrons. The van der Waals surface area contributed by atoms with Gasteiger partial charge in [-0.1, -0.05) is 32.9 Å². The van der Waals surface area contributed by atoms with E-state index >= 15 is 0 Å². The van der Waals surface area contributed by atoms with E-state index in [1.165, 1.54) is 0 Å². The molecule has 0 radical (unpaired) electrons. The Hall–Kier alpha value is -0.340. The molecule has 0 unspecified atom stereocenters. The van der Waals surface area contributed by atoms with Crippen LogP contribution in [0.25, 0.3) is 0 Å². The predicted octanol–water partition coefficient (Wildman–Crippen LogP) is 3.37. The third kappa shape index (κ3) is 2.82. The van der Waals surface area contributed by atoms with E-state index in [4.69, 9.17) is 9.47 Å². The van der Waals surface area contributed by atoms with Gasteiger partial charge in [0.2, 0.25) is 0 Å². The lowest BCUT2D eigenvalue weighted by atomic mass is 9.86. The topological polar surface area (TPSA) is 18.5 Å². The highest BCUT2D eigenvalue weighted by atomic mass is 16.7. The van der Waals surface area contributed by atoms with E-state index in [1.54, 1.807) is 0 Å². The second-order valence-electron chi connectivity index (χ2n) is 5.47. The summed E-state index contributed by atoms with van der Waals surface area (Å²) in [7, 11) is 0. The van der Waals surface area contributed by atoms with E-state index < -0.39 is 5.79 Å². The zero-order valence-electron chi connectivity index (χ0n) is 10.8. The molecule has 0 saturated carbocycles. The van der Waals surface area contributed by atoms with Crippen molar-refractivity contribution in [2.45, 2.75) is 59.5 Å². The Balaban J connectivity index is 2.88. The average molecular weight is 212 g/mol. The van der Waals surface area contributed by atoms with Crippen molar-refractivity contribution in [2.75, 3.05) is 0 Å². The highest BCUT2D eigenvalue weighted by molar-refractivity contribution is 5.04. The molecule has 0 aromatic heterocycles. The normalized spacial score (nSPS) is 35.5. The molecule has 0 N–H and O–H groups in total. The summed E-state index contributed by atoms with van der Waals surface area (Å²) in [6.45, 7) is 16.6. The fraction of sp³-hybridized carbons (Fsp3) is 0.846. The molecule has 3 atom stereocenters. The first-order chi connectivity index (χ1) is 6.74. The van der Waals surface area contributed by atoms with E-state index in [1.807, 2.05) is 20.8 Å². The highest BCUT2D eigenvalue weighted by Crippen LogP contribution is 2.36. The van der Waals surface area contributed by atoms with E-state index in [0.29, 0.717) is 11.8 Å². The van der Waals surface area contributed by atoms with E-state index in [0.717, 1.165) is 5.57 Å². The molecule has 2 heteroatoms. The Labute approximate surface area is 93.7 Å². The van der Waals surface area contributed by atoms with Gasteiger partial charge in [-0.2, -0.15) is 0 Å². The van der Waals surface area contributed by atoms with Crippen molar-refractivity contribution in [3.05, 3.63) is 12.2 Å². The van der Waals surface area contributed by atoms with Gasteiger partial charge in [-0.25, -0.2) is 0 Å². The summed E-state index contributed by atoms with van der Waals surface area (Å²) in [4.78, 5) is 0. The molecule has 0 amide bonds. The predicted molar refractivity (Wildman–Crippen MR) is 62.6 cm³/mol. The minimum atomic E-state index is -0.495.